The first-order valence-electron chi connectivity index (χ1n) is 5.42. The van der Waals surface area contributed by atoms with Gasteiger partial charge in [0.25, 0.3) is 10.1 Å². The van der Waals surface area contributed by atoms with Crippen molar-refractivity contribution in [2.24, 2.45) is 0 Å². The molecule has 1 N–H and O–H groups in total. The fourth-order valence-electron chi connectivity index (χ4n) is 2.21. The van der Waals surface area contributed by atoms with Gasteiger partial charge in [-0.25, -0.2) is 4.39 Å². The zero-order valence-electron chi connectivity index (χ0n) is 9.75. The molecular formula is C13H13FO3S. The predicted molar refractivity (Wildman–Crippen MR) is 67.4 cm³/mol. The van der Waals surface area contributed by atoms with Gasteiger partial charge in [0.1, 0.15) is 11.1 Å². The summed E-state index contributed by atoms with van der Waals surface area (Å²) in [5, 5.41) is -1.11. The Morgan fingerprint density at radius 1 is 1.33 bits per heavy atom. The Balaban J connectivity index is 2.58. The highest BCUT2D eigenvalue weighted by Crippen LogP contribution is 2.36. The van der Waals surface area contributed by atoms with Gasteiger partial charge < -0.3 is 0 Å². The van der Waals surface area contributed by atoms with Gasteiger partial charge in [-0.3, -0.25) is 4.55 Å². The van der Waals surface area contributed by atoms with Crippen molar-refractivity contribution in [3.8, 4) is 0 Å². The number of hydrogen-bond donors (Lipinski definition) is 1. The number of halogens is 1. The maximum Gasteiger partial charge on any atom is 0.272 e. The molecule has 1 aliphatic rings. The summed E-state index contributed by atoms with van der Waals surface area (Å²) in [5.74, 6) is -0.439. The lowest BCUT2D eigenvalue weighted by Gasteiger charge is -2.33. The van der Waals surface area contributed by atoms with E-state index in [-0.39, 0.29) is 0 Å². The van der Waals surface area contributed by atoms with E-state index in [0.717, 1.165) is 0 Å². The van der Waals surface area contributed by atoms with Gasteiger partial charge >= 0.3 is 0 Å². The molecule has 96 valence electrons. The van der Waals surface area contributed by atoms with Gasteiger partial charge in [-0.1, -0.05) is 43.4 Å². The van der Waals surface area contributed by atoms with Crippen molar-refractivity contribution in [3.63, 3.8) is 0 Å². The molecule has 18 heavy (non-hydrogen) atoms. The zero-order chi connectivity index (χ0) is 13.4. The van der Waals surface area contributed by atoms with Crippen LogP contribution in [0.3, 0.4) is 0 Å². The minimum atomic E-state index is -4.25. The van der Waals surface area contributed by atoms with E-state index in [1.54, 1.807) is 31.2 Å². The van der Waals surface area contributed by atoms with Crippen molar-refractivity contribution < 1.29 is 17.4 Å². The number of hydrogen-bond acceptors (Lipinski definition) is 2. The lowest BCUT2D eigenvalue weighted by atomic mass is 9.77. The summed E-state index contributed by atoms with van der Waals surface area (Å²) in [7, 11) is -4.25. The van der Waals surface area contributed by atoms with E-state index >= 15 is 0 Å². The molecule has 1 aromatic rings. The normalized spacial score (nSPS) is 27.4. The average Bonchev–Trinajstić information content (AvgIpc) is 2.28. The average molecular weight is 268 g/mol. The van der Waals surface area contributed by atoms with Crippen LogP contribution in [0.1, 0.15) is 12.5 Å². The molecule has 0 heterocycles. The molecular weight excluding hydrogens is 255 g/mol. The van der Waals surface area contributed by atoms with Crippen LogP contribution >= 0.6 is 0 Å². The van der Waals surface area contributed by atoms with Crippen LogP contribution in [0, 0.1) is 5.82 Å². The van der Waals surface area contributed by atoms with Gasteiger partial charge in [0.05, 0.1) is 0 Å². The highest BCUT2D eigenvalue weighted by molar-refractivity contribution is 7.86. The van der Waals surface area contributed by atoms with Crippen molar-refractivity contribution in [2.75, 3.05) is 0 Å². The number of rotatable bonds is 2. The third-order valence-electron chi connectivity index (χ3n) is 3.20. The van der Waals surface area contributed by atoms with E-state index in [2.05, 4.69) is 0 Å². The van der Waals surface area contributed by atoms with Gasteiger partial charge in [-0.05, 0) is 17.7 Å². The lowest BCUT2D eigenvalue weighted by Crippen LogP contribution is -2.40. The molecule has 2 atom stereocenters. The van der Waals surface area contributed by atoms with Crippen LogP contribution < -0.4 is 0 Å². The minimum absolute atomic E-state index is 0.439. The number of benzene rings is 1. The van der Waals surface area contributed by atoms with Gasteiger partial charge in [0.15, 0.2) is 0 Å². The Kier molecular flexibility index (Phi) is 3.12. The molecule has 0 fully saturated rings. The van der Waals surface area contributed by atoms with E-state index in [4.69, 9.17) is 0 Å². The summed E-state index contributed by atoms with van der Waals surface area (Å²) >= 11 is 0. The Labute approximate surface area is 105 Å². The molecule has 2 rings (SSSR count). The SMILES string of the molecule is CC1(c2cccc(F)c2)C=CC=CC1S(=O)(=O)O. The van der Waals surface area contributed by atoms with Crippen LogP contribution in [0.15, 0.2) is 48.6 Å². The van der Waals surface area contributed by atoms with E-state index in [0.29, 0.717) is 5.56 Å². The van der Waals surface area contributed by atoms with Crippen molar-refractivity contribution in [1.82, 2.24) is 0 Å². The standard InChI is InChI=1S/C13H13FO3S/c1-13(10-5-4-6-11(14)9-10)8-3-2-7-12(13)18(15,16)17/h2-9,12H,1H3,(H,15,16,17). The quantitative estimate of drug-likeness (QED) is 0.838. The largest absolute Gasteiger partial charge is 0.285 e. The molecule has 0 saturated heterocycles. The number of allylic oxidation sites excluding steroid dienone is 3. The molecule has 1 aliphatic carbocycles. The van der Waals surface area contributed by atoms with E-state index in [1.807, 2.05) is 0 Å². The Morgan fingerprint density at radius 2 is 2.06 bits per heavy atom. The second kappa shape index (κ2) is 4.33. The van der Waals surface area contributed by atoms with Crippen molar-refractivity contribution in [2.45, 2.75) is 17.6 Å². The molecule has 0 radical (unpaired) electrons. The second-order valence-electron chi connectivity index (χ2n) is 4.47. The summed E-state index contributed by atoms with van der Waals surface area (Å²) in [5.41, 5.74) is -0.476. The lowest BCUT2D eigenvalue weighted by molar-refractivity contribution is 0.449. The molecule has 2 unspecified atom stereocenters. The maximum atomic E-state index is 13.3. The van der Waals surface area contributed by atoms with Crippen molar-refractivity contribution in [1.29, 1.82) is 0 Å². The minimum Gasteiger partial charge on any atom is -0.285 e. The molecule has 5 heteroatoms. The van der Waals surface area contributed by atoms with Crippen LogP contribution in [0.4, 0.5) is 4.39 Å². The molecule has 0 saturated carbocycles. The Hall–Kier alpha value is -1.46. The van der Waals surface area contributed by atoms with E-state index < -0.39 is 26.6 Å². The third kappa shape index (κ3) is 2.23. The molecule has 1 aromatic carbocycles. The molecule has 0 aromatic heterocycles. The Bertz CT molecular complexity index is 619. The summed E-state index contributed by atoms with van der Waals surface area (Å²) in [4.78, 5) is 0. The highest BCUT2D eigenvalue weighted by Gasteiger charge is 2.41. The van der Waals surface area contributed by atoms with E-state index in [9.17, 15) is 17.4 Å². The molecule has 3 nitrogen and oxygen atoms in total. The summed E-state index contributed by atoms with van der Waals surface area (Å²) in [6.07, 6.45) is 6.30. The van der Waals surface area contributed by atoms with Crippen LogP contribution in [0.5, 0.6) is 0 Å². The van der Waals surface area contributed by atoms with E-state index in [1.165, 1.54) is 24.3 Å². The van der Waals surface area contributed by atoms with Crippen molar-refractivity contribution in [3.05, 3.63) is 60.0 Å². The summed E-state index contributed by atoms with van der Waals surface area (Å²) in [6, 6.07) is 5.73. The van der Waals surface area contributed by atoms with Crippen LogP contribution in [0.25, 0.3) is 0 Å². The first-order chi connectivity index (χ1) is 8.34. The van der Waals surface area contributed by atoms with Gasteiger partial charge in [-0.2, -0.15) is 8.42 Å². The first kappa shape index (κ1) is 13.0. The second-order valence-corrected chi connectivity index (χ2v) is 6.01. The smallest absolute Gasteiger partial charge is 0.272 e. The van der Waals surface area contributed by atoms with Crippen LogP contribution in [0.2, 0.25) is 0 Å². The van der Waals surface area contributed by atoms with Crippen LogP contribution in [-0.2, 0) is 15.5 Å². The van der Waals surface area contributed by atoms with Crippen LogP contribution in [-0.4, -0.2) is 18.2 Å². The molecule has 0 bridgehead atoms. The highest BCUT2D eigenvalue weighted by atomic mass is 32.2. The van der Waals surface area contributed by atoms with Gasteiger partial charge in [0.2, 0.25) is 0 Å². The van der Waals surface area contributed by atoms with Crippen molar-refractivity contribution >= 4 is 10.1 Å². The maximum absolute atomic E-state index is 13.3. The van der Waals surface area contributed by atoms with Gasteiger partial charge in [0, 0.05) is 5.41 Å². The topological polar surface area (TPSA) is 54.4 Å². The fourth-order valence-corrected chi connectivity index (χ4v) is 3.33. The molecule has 0 aliphatic heterocycles. The third-order valence-corrected chi connectivity index (χ3v) is 4.49. The first-order valence-corrected chi connectivity index (χ1v) is 6.93. The summed E-state index contributed by atoms with van der Waals surface area (Å²) in [6.45, 7) is 1.65. The molecule has 0 amide bonds. The monoisotopic (exact) mass is 268 g/mol. The molecule has 0 spiro atoms. The fraction of sp³-hybridized carbons (Fsp3) is 0.231. The summed E-state index contributed by atoms with van der Waals surface area (Å²) < 4.78 is 45.4. The van der Waals surface area contributed by atoms with Gasteiger partial charge in [-0.15, -0.1) is 0 Å². The predicted octanol–water partition coefficient (Wildman–Crippen LogP) is 2.47. The zero-order valence-corrected chi connectivity index (χ0v) is 10.6. The Morgan fingerprint density at radius 3 is 2.67 bits per heavy atom.